The lowest BCUT2D eigenvalue weighted by Gasteiger charge is -1.93. The fourth-order valence-corrected chi connectivity index (χ4v) is 1.51. The van der Waals surface area contributed by atoms with Gasteiger partial charge in [0.2, 0.25) is 0 Å². The summed E-state index contributed by atoms with van der Waals surface area (Å²) in [5, 5.41) is 1.31. The van der Waals surface area contributed by atoms with E-state index in [-0.39, 0.29) is 0 Å². The molecule has 2 nitrogen and oxygen atoms in total. The summed E-state index contributed by atoms with van der Waals surface area (Å²) in [6.45, 7) is 2.19. The molecule has 0 amide bonds. The third-order valence-corrected chi connectivity index (χ3v) is 2.09. The minimum atomic E-state index is 1.14. The molecule has 62 valence electrons. The second-order valence-electron chi connectivity index (χ2n) is 2.99. The summed E-state index contributed by atoms with van der Waals surface area (Å²) in [7, 11) is 0. The highest BCUT2D eigenvalue weighted by molar-refractivity contribution is 5.82. The van der Waals surface area contributed by atoms with Gasteiger partial charge in [0.1, 0.15) is 0 Å². The predicted octanol–water partition coefficient (Wildman–Crippen LogP) is 2.52. The van der Waals surface area contributed by atoms with E-state index in [4.69, 9.17) is 0 Å². The van der Waals surface area contributed by atoms with Crippen LogP contribution in [0.4, 0.5) is 0 Å². The van der Waals surface area contributed by atoms with E-state index in [2.05, 4.69) is 29.2 Å². The lowest BCUT2D eigenvalue weighted by Crippen LogP contribution is -1.78. The first-order chi connectivity index (χ1) is 5.92. The van der Waals surface area contributed by atoms with E-state index < -0.39 is 0 Å². The van der Waals surface area contributed by atoms with Gasteiger partial charge < -0.3 is 4.98 Å². The maximum atomic E-state index is 4.06. The average molecular weight is 160 g/mol. The molecule has 2 rings (SSSR count). The molecule has 0 bridgehead atoms. The van der Waals surface area contributed by atoms with Crippen LogP contribution >= 0.6 is 0 Å². The first kappa shape index (κ1) is 7.35. The van der Waals surface area contributed by atoms with Gasteiger partial charge in [0.05, 0.1) is 11.7 Å². The van der Waals surface area contributed by atoms with E-state index in [1.54, 1.807) is 0 Å². The summed E-state index contributed by atoms with van der Waals surface area (Å²) in [6.07, 6.45) is 8.12. The van der Waals surface area contributed by atoms with E-state index in [1.807, 2.05) is 12.4 Å². The van der Waals surface area contributed by atoms with E-state index in [9.17, 15) is 0 Å². The molecule has 0 spiro atoms. The van der Waals surface area contributed by atoms with Crippen LogP contribution in [-0.4, -0.2) is 9.97 Å². The Morgan fingerprint density at radius 3 is 3.25 bits per heavy atom. The summed E-state index contributed by atoms with van der Waals surface area (Å²) in [5.41, 5.74) is 2.54. The molecule has 2 aromatic heterocycles. The van der Waals surface area contributed by atoms with Gasteiger partial charge in [0, 0.05) is 17.8 Å². The van der Waals surface area contributed by atoms with E-state index in [0.29, 0.717) is 0 Å². The number of aromatic nitrogens is 2. The number of hydrogen-bond acceptors (Lipinski definition) is 1. The van der Waals surface area contributed by atoms with Gasteiger partial charge in [0.25, 0.3) is 0 Å². The quantitative estimate of drug-likeness (QED) is 0.718. The molecule has 2 heteroatoms. The van der Waals surface area contributed by atoms with Crippen LogP contribution < -0.4 is 0 Å². The number of H-pyrrole nitrogens is 1. The van der Waals surface area contributed by atoms with Gasteiger partial charge >= 0.3 is 0 Å². The van der Waals surface area contributed by atoms with Gasteiger partial charge in [-0.3, -0.25) is 4.98 Å². The number of aryl methyl sites for hydroxylation is 1. The van der Waals surface area contributed by atoms with Crippen molar-refractivity contribution in [1.29, 1.82) is 0 Å². The summed E-state index contributed by atoms with van der Waals surface area (Å²) in [4.78, 5) is 7.27. The molecule has 0 aliphatic heterocycles. The largest absolute Gasteiger partial charge is 0.360 e. The zero-order chi connectivity index (χ0) is 8.39. The van der Waals surface area contributed by atoms with E-state index in [0.717, 1.165) is 11.9 Å². The molecule has 0 aromatic carbocycles. The van der Waals surface area contributed by atoms with Crippen molar-refractivity contribution in [1.82, 2.24) is 9.97 Å². The fourth-order valence-electron chi connectivity index (χ4n) is 1.51. The van der Waals surface area contributed by atoms with Crippen molar-refractivity contribution < 1.29 is 0 Å². The summed E-state index contributed by atoms with van der Waals surface area (Å²) >= 11 is 0. The first-order valence-electron chi connectivity index (χ1n) is 4.32. The number of nitrogens with one attached hydrogen (secondary N) is 1. The number of hydrogen-bond donors (Lipinski definition) is 1. The molecule has 0 aliphatic rings. The highest BCUT2D eigenvalue weighted by Gasteiger charge is 2.00. The van der Waals surface area contributed by atoms with Crippen molar-refractivity contribution in [2.24, 2.45) is 0 Å². The van der Waals surface area contributed by atoms with Crippen molar-refractivity contribution in [2.45, 2.75) is 19.8 Å². The number of nitrogens with zero attached hydrogens (tertiary/aromatic N) is 1. The molecule has 2 aromatic rings. The van der Waals surface area contributed by atoms with Crippen LogP contribution in [0.2, 0.25) is 0 Å². The molecule has 1 N–H and O–H groups in total. The molecule has 0 fully saturated rings. The summed E-state index contributed by atoms with van der Waals surface area (Å²) in [6, 6.07) is 2.07. The van der Waals surface area contributed by atoms with Crippen molar-refractivity contribution in [2.75, 3.05) is 0 Å². The van der Waals surface area contributed by atoms with Crippen molar-refractivity contribution in [3.63, 3.8) is 0 Å². The first-order valence-corrected chi connectivity index (χ1v) is 4.32. The lowest BCUT2D eigenvalue weighted by atomic mass is 10.1. The molecule has 0 radical (unpaired) electrons. The van der Waals surface area contributed by atoms with Crippen LogP contribution in [0.15, 0.2) is 24.7 Å². The second kappa shape index (κ2) is 2.97. The number of aromatic amines is 1. The fraction of sp³-hybridized carbons (Fsp3) is 0.300. The van der Waals surface area contributed by atoms with E-state index >= 15 is 0 Å². The molecule has 0 saturated heterocycles. The third-order valence-electron chi connectivity index (χ3n) is 2.09. The molecular weight excluding hydrogens is 148 g/mol. The number of pyridine rings is 1. The molecule has 0 aliphatic carbocycles. The Kier molecular flexibility index (Phi) is 1.82. The van der Waals surface area contributed by atoms with Crippen LogP contribution in [0.25, 0.3) is 10.9 Å². The number of fused-ring (bicyclic) bond motifs is 1. The maximum Gasteiger partial charge on any atom is 0.0643 e. The van der Waals surface area contributed by atoms with Crippen LogP contribution in [0.3, 0.4) is 0 Å². The maximum absolute atomic E-state index is 4.06. The van der Waals surface area contributed by atoms with Gasteiger partial charge in [-0.15, -0.1) is 0 Å². The van der Waals surface area contributed by atoms with Crippen molar-refractivity contribution in [3.8, 4) is 0 Å². The van der Waals surface area contributed by atoms with Crippen LogP contribution in [0.1, 0.15) is 18.9 Å². The van der Waals surface area contributed by atoms with Crippen molar-refractivity contribution >= 4 is 10.9 Å². The molecular formula is C10H12N2. The molecule has 12 heavy (non-hydrogen) atoms. The van der Waals surface area contributed by atoms with Crippen LogP contribution in [-0.2, 0) is 6.42 Å². The minimum absolute atomic E-state index is 1.14. The summed E-state index contributed by atoms with van der Waals surface area (Å²) < 4.78 is 0. The lowest BCUT2D eigenvalue weighted by molar-refractivity contribution is 0.929. The average Bonchev–Trinajstić information content (AvgIpc) is 2.50. The Morgan fingerprint density at radius 1 is 1.50 bits per heavy atom. The van der Waals surface area contributed by atoms with Gasteiger partial charge in [-0.1, -0.05) is 13.3 Å². The Balaban J connectivity index is 2.55. The summed E-state index contributed by atoms with van der Waals surface area (Å²) in [5.74, 6) is 0. The standard InChI is InChI=1S/C10H12N2/c1-2-3-8-6-12-10-7-11-5-4-9(8)10/h4-7,12H,2-3H2,1H3. The Morgan fingerprint density at radius 2 is 2.42 bits per heavy atom. The molecule has 0 atom stereocenters. The Labute approximate surface area is 71.6 Å². The zero-order valence-corrected chi connectivity index (χ0v) is 7.17. The topological polar surface area (TPSA) is 28.7 Å². The predicted molar refractivity (Wildman–Crippen MR) is 50.1 cm³/mol. The monoisotopic (exact) mass is 160 g/mol. The van der Waals surface area contributed by atoms with Gasteiger partial charge in [-0.2, -0.15) is 0 Å². The van der Waals surface area contributed by atoms with Crippen LogP contribution in [0, 0.1) is 0 Å². The molecule has 0 saturated carbocycles. The Bertz CT molecular complexity index is 376. The highest BCUT2D eigenvalue weighted by Crippen LogP contribution is 2.17. The number of rotatable bonds is 2. The minimum Gasteiger partial charge on any atom is -0.360 e. The van der Waals surface area contributed by atoms with Gasteiger partial charge in [-0.05, 0) is 18.1 Å². The SMILES string of the molecule is CCCc1c[nH]c2cnccc12. The Hall–Kier alpha value is -1.31. The van der Waals surface area contributed by atoms with Crippen LogP contribution in [0.5, 0.6) is 0 Å². The molecule has 0 unspecified atom stereocenters. The van der Waals surface area contributed by atoms with E-state index in [1.165, 1.54) is 17.4 Å². The highest BCUT2D eigenvalue weighted by atomic mass is 14.7. The smallest absolute Gasteiger partial charge is 0.0643 e. The molecule has 2 heterocycles. The normalized spacial score (nSPS) is 10.8. The van der Waals surface area contributed by atoms with Gasteiger partial charge in [-0.25, -0.2) is 0 Å². The van der Waals surface area contributed by atoms with Gasteiger partial charge in [0.15, 0.2) is 0 Å². The zero-order valence-electron chi connectivity index (χ0n) is 7.17. The van der Waals surface area contributed by atoms with Crippen molar-refractivity contribution in [3.05, 3.63) is 30.2 Å². The second-order valence-corrected chi connectivity index (χ2v) is 2.99. The third kappa shape index (κ3) is 1.09.